The van der Waals surface area contributed by atoms with Gasteiger partial charge in [-0.1, -0.05) is 31.4 Å². The maximum absolute atomic E-state index is 11.8. The molecule has 3 heteroatoms. The van der Waals surface area contributed by atoms with Gasteiger partial charge < -0.3 is 0 Å². The lowest BCUT2D eigenvalue weighted by atomic mass is 9.89. The molecule has 0 aromatic heterocycles. The molecule has 0 aromatic rings. The van der Waals surface area contributed by atoms with Crippen molar-refractivity contribution in [3.05, 3.63) is 24.3 Å². The van der Waals surface area contributed by atoms with E-state index in [2.05, 4.69) is 0 Å². The summed E-state index contributed by atoms with van der Waals surface area (Å²) in [6.07, 6.45) is 13.8. The zero-order valence-corrected chi connectivity index (χ0v) is 10.1. The zero-order valence-electron chi connectivity index (χ0n) is 10.1. The van der Waals surface area contributed by atoms with Gasteiger partial charge in [0.2, 0.25) is 0 Å². The SMILES string of the molecule is O=C1C=CCCN1C(=O)/C=C/C1CCCCC1. The van der Waals surface area contributed by atoms with Crippen LogP contribution < -0.4 is 0 Å². The Balaban J connectivity index is 1.89. The fourth-order valence-electron chi connectivity index (χ4n) is 2.44. The van der Waals surface area contributed by atoms with Crippen molar-refractivity contribution in [3.8, 4) is 0 Å². The molecule has 0 radical (unpaired) electrons. The minimum Gasteiger partial charge on any atom is -0.275 e. The molecule has 92 valence electrons. The molecule has 3 nitrogen and oxygen atoms in total. The fourth-order valence-corrected chi connectivity index (χ4v) is 2.44. The first-order chi connectivity index (χ1) is 8.27. The Morgan fingerprint density at radius 2 is 2.06 bits per heavy atom. The molecular weight excluding hydrogens is 214 g/mol. The van der Waals surface area contributed by atoms with Crippen LogP contribution in [0, 0.1) is 5.92 Å². The molecule has 1 aliphatic heterocycles. The second-order valence-electron chi connectivity index (χ2n) is 4.78. The van der Waals surface area contributed by atoms with Crippen LogP contribution >= 0.6 is 0 Å². The van der Waals surface area contributed by atoms with Crippen molar-refractivity contribution in [2.24, 2.45) is 5.92 Å². The number of allylic oxidation sites excluding steroid dienone is 1. The van der Waals surface area contributed by atoms with Crippen LogP contribution in [-0.4, -0.2) is 23.3 Å². The second kappa shape index (κ2) is 5.80. The summed E-state index contributed by atoms with van der Waals surface area (Å²) < 4.78 is 0. The monoisotopic (exact) mass is 233 g/mol. The van der Waals surface area contributed by atoms with Gasteiger partial charge in [0.15, 0.2) is 0 Å². The van der Waals surface area contributed by atoms with Crippen molar-refractivity contribution in [1.29, 1.82) is 0 Å². The summed E-state index contributed by atoms with van der Waals surface area (Å²) in [6.45, 7) is 0.517. The molecule has 0 bridgehead atoms. The van der Waals surface area contributed by atoms with Crippen LogP contribution in [0.15, 0.2) is 24.3 Å². The molecule has 17 heavy (non-hydrogen) atoms. The number of hydrogen-bond donors (Lipinski definition) is 0. The number of nitrogens with zero attached hydrogens (tertiary/aromatic N) is 1. The smallest absolute Gasteiger partial charge is 0.253 e. The standard InChI is InChI=1S/C14H19NO2/c16-13-8-4-5-11-15(13)14(17)10-9-12-6-2-1-3-7-12/h4,8-10,12H,1-3,5-7,11H2/b10-9+. The van der Waals surface area contributed by atoms with Gasteiger partial charge in [0.05, 0.1) is 0 Å². The predicted molar refractivity (Wildman–Crippen MR) is 66.2 cm³/mol. The van der Waals surface area contributed by atoms with Crippen LogP contribution in [0.3, 0.4) is 0 Å². The molecule has 2 amide bonds. The van der Waals surface area contributed by atoms with Gasteiger partial charge in [-0.05, 0) is 37.3 Å². The molecular formula is C14H19NO2. The molecule has 0 aromatic carbocycles. The number of carbonyl (C=O) groups is 2. The molecule has 0 atom stereocenters. The number of rotatable bonds is 2. The minimum atomic E-state index is -0.186. The highest BCUT2D eigenvalue weighted by atomic mass is 16.2. The zero-order chi connectivity index (χ0) is 12.1. The number of hydrogen-bond acceptors (Lipinski definition) is 2. The highest BCUT2D eigenvalue weighted by Gasteiger charge is 2.19. The third-order valence-corrected chi connectivity index (χ3v) is 3.47. The van der Waals surface area contributed by atoms with Crippen molar-refractivity contribution in [2.75, 3.05) is 6.54 Å². The van der Waals surface area contributed by atoms with Crippen LogP contribution in [0.5, 0.6) is 0 Å². The maximum Gasteiger partial charge on any atom is 0.253 e. The number of carbonyl (C=O) groups excluding carboxylic acids is 2. The van der Waals surface area contributed by atoms with Crippen LogP contribution in [0.25, 0.3) is 0 Å². The predicted octanol–water partition coefficient (Wildman–Crippen LogP) is 2.44. The average Bonchev–Trinajstić information content (AvgIpc) is 2.38. The van der Waals surface area contributed by atoms with E-state index in [4.69, 9.17) is 0 Å². The quantitative estimate of drug-likeness (QED) is 0.687. The summed E-state index contributed by atoms with van der Waals surface area (Å²) >= 11 is 0. The van der Waals surface area contributed by atoms with Gasteiger partial charge in [-0.3, -0.25) is 14.5 Å². The van der Waals surface area contributed by atoms with E-state index in [-0.39, 0.29) is 11.8 Å². The van der Waals surface area contributed by atoms with Crippen LogP contribution in [-0.2, 0) is 9.59 Å². The first-order valence-corrected chi connectivity index (χ1v) is 6.47. The summed E-state index contributed by atoms with van der Waals surface area (Å²) in [5, 5.41) is 0. The van der Waals surface area contributed by atoms with Gasteiger partial charge in [-0.2, -0.15) is 0 Å². The fraction of sp³-hybridized carbons (Fsp3) is 0.571. The van der Waals surface area contributed by atoms with E-state index in [1.807, 2.05) is 12.2 Å². The molecule has 0 unspecified atom stereocenters. The summed E-state index contributed by atoms with van der Waals surface area (Å²) in [5.41, 5.74) is 0. The van der Waals surface area contributed by atoms with E-state index >= 15 is 0 Å². The molecule has 1 fully saturated rings. The van der Waals surface area contributed by atoms with Crippen molar-refractivity contribution < 1.29 is 9.59 Å². The molecule has 2 aliphatic rings. The van der Waals surface area contributed by atoms with E-state index in [0.717, 1.165) is 6.42 Å². The molecule has 0 spiro atoms. The maximum atomic E-state index is 11.8. The van der Waals surface area contributed by atoms with E-state index in [9.17, 15) is 9.59 Å². The average molecular weight is 233 g/mol. The van der Waals surface area contributed by atoms with Crippen molar-refractivity contribution in [1.82, 2.24) is 4.90 Å². The number of imide groups is 1. The Kier molecular flexibility index (Phi) is 4.13. The Bertz CT molecular complexity index is 351. The normalized spacial score (nSPS) is 22.4. The van der Waals surface area contributed by atoms with Crippen LogP contribution in [0.1, 0.15) is 38.5 Å². The van der Waals surface area contributed by atoms with E-state index in [1.165, 1.54) is 43.1 Å². The molecule has 1 aliphatic carbocycles. The van der Waals surface area contributed by atoms with Gasteiger partial charge in [0.25, 0.3) is 11.8 Å². The lowest BCUT2D eigenvalue weighted by molar-refractivity contribution is -0.139. The first kappa shape index (κ1) is 12.1. The van der Waals surface area contributed by atoms with E-state index in [0.29, 0.717) is 12.5 Å². The van der Waals surface area contributed by atoms with Gasteiger partial charge >= 0.3 is 0 Å². The topological polar surface area (TPSA) is 37.4 Å². The van der Waals surface area contributed by atoms with E-state index in [1.54, 1.807) is 6.08 Å². The summed E-state index contributed by atoms with van der Waals surface area (Å²) in [6, 6.07) is 0. The van der Waals surface area contributed by atoms with Gasteiger partial charge in [0.1, 0.15) is 0 Å². The Morgan fingerprint density at radius 3 is 2.76 bits per heavy atom. The molecule has 0 N–H and O–H groups in total. The largest absolute Gasteiger partial charge is 0.275 e. The lowest BCUT2D eigenvalue weighted by Gasteiger charge is -2.21. The minimum absolute atomic E-state index is 0.162. The van der Waals surface area contributed by atoms with Crippen molar-refractivity contribution in [2.45, 2.75) is 38.5 Å². The van der Waals surface area contributed by atoms with Crippen LogP contribution in [0.2, 0.25) is 0 Å². The second-order valence-corrected chi connectivity index (χ2v) is 4.78. The number of amides is 2. The highest BCUT2D eigenvalue weighted by Crippen LogP contribution is 2.24. The molecule has 2 rings (SSSR count). The lowest BCUT2D eigenvalue weighted by Crippen LogP contribution is -2.37. The Labute approximate surface area is 102 Å². The Morgan fingerprint density at radius 1 is 1.29 bits per heavy atom. The van der Waals surface area contributed by atoms with Crippen molar-refractivity contribution >= 4 is 11.8 Å². The summed E-state index contributed by atoms with van der Waals surface area (Å²) in [5.74, 6) is 0.183. The summed E-state index contributed by atoms with van der Waals surface area (Å²) in [4.78, 5) is 24.6. The Hall–Kier alpha value is -1.38. The summed E-state index contributed by atoms with van der Waals surface area (Å²) in [7, 11) is 0. The third-order valence-electron chi connectivity index (χ3n) is 3.47. The molecule has 0 saturated heterocycles. The van der Waals surface area contributed by atoms with Crippen molar-refractivity contribution in [3.63, 3.8) is 0 Å². The third kappa shape index (κ3) is 3.29. The molecule has 1 saturated carbocycles. The van der Waals surface area contributed by atoms with Gasteiger partial charge in [-0.25, -0.2) is 0 Å². The van der Waals surface area contributed by atoms with Crippen LogP contribution in [0.4, 0.5) is 0 Å². The molecule has 1 heterocycles. The van der Waals surface area contributed by atoms with Gasteiger partial charge in [0, 0.05) is 6.54 Å². The van der Waals surface area contributed by atoms with E-state index < -0.39 is 0 Å². The first-order valence-electron chi connectivity index (χ1n) is 6.47. The van der Waals surface area contributed by atoms with Gasteiger partial charge in [-0.15, -0.1) is 0 Å². The highest BCUT2D eigenvalue weighted by molar-refractivity contribution is 6.05.